The van der Waals surface area contributed by atoms with Gasteiger partial charge in [-0.1, -0.05) is 6.92 Å². The molecule has 2 unspecified atom stereocenters. The number of thiophene rings is 1. The van der Waals surface area contributed by atoms with Gasteiger partial charge in [-0.3, -0.25) is 0 Å². The van der Waals surface area contributed by atoms with Crippen LogP contribution in [0.2, 0.25) is 0 Å². The minimum absolute atomic E-state index is 0. The fourth-order valence-electron chi connectivity index (χ4n) is 2.29. The number of sulfonamides is 1. The van der Waals surface area contributed by atoms with Crippen LogP contribution in [-0.2, 0) is 16.4 Å². The van der Waals surface area contributed by atoms with Crippen LogP contribution < -0.4 is 5.32 Å². The van der Waals surface area contributed by atoms with Crippen molar-refractivity contribution in [3.8, 4) is 0 Å². The van der Waals surface area contributed by atoms with Gasteiger partial charge in [0.2, 0.25) is 0 Å². The molecule has 2 heterocycles. The molecular weight excluding hydrogens is 304 g/mol. The number of piperazine rings is 1. The molecule has 0 saturated carbocycles. The molecule has 0 radical (unpaired) electrons. The van der Waals surface area contributed by atoms with Crippen LogP contribution in [0.15, 0.2) is 16.3 Å². The van der Waals surface area contributed by atoms with E-state index in [0.717, 1.165) is 11.3 Å². The van der Waals surface area contributed by atoms with Gasteiger partial charge in [0.15, 0.2) is 0 Å². The zero-order valence-electron chi connectivity index (χ0n) is 11.4. The lowest BCUT2D eigenvalue weighted by Crippen LogP contribution is -2.55. The molecule has 0 aliphatic carbocycles. The molecule has 1 aromatic heterocycles. The fraction of sp³-hybridized carbons (Fsp3) is 0.667. The molecular formula is C12H21ClN2O2S2. The van der Waals surface area contributed by atoms with Crippen LogP contribution in [-0.4, -0.2) is 37.9 Å². The van der Waals surface area contributed by atoms with E-state index in [1.165, 1.54) is 11.3 Å². The van der Waals surface area contributed by atoms with Gasteiger partial charge in [0.25, 0.3) is 10.0 Å². The highest BCUT2D eigenvalue weighted by atomic mass is 35.5. The van der Waals surface area contributed by atoms with Crippen molar-refractivity contribution >= 4 is 33.8 Å². The number of nitrogens with zero attached hydrogens (tertiary/aromatic N) is 1. The maximum atomic E-state index is 12.5. The molecule has 0 bridgehead atoms. The standard InChI is InChI=1S/C12H20N2O2S2.ClH/c1-4-11-5-6-12(17-11)18(15,16)14-7-9(2)13-10(3)8-14;/h5-6,9-10,13H,4,7-8H2,1-3H3;1H. The minimum Gasteiger partial charge on any atom is -0.309 e. The summed E-state index contributed by atoms with van der Waals surface area (Å²) in [5.41, 5.74) is 0. The number of rotatable bonds is 3. The Morgan fingerprint density at radius 2 is 1.89 bits per heavy atom. The largest absolute Gasteiger partial charge is 0.309 e. The van der Waals surface area contributed by atoms with Gasteiger partial charge >= 0.3 is 0 Å². The summed E-state index contributed by atoms with van der Waals surface area (Å²) >= 11 is 1.39. The van der Waals surface area contributed by atoms with E-state index in [1.807, 2.05) is 26.8 Å². The van der Waals surface area contributed by atoms with E-state index < -0.39 is 10.0 Å². The smallest absolute Gasteiger partial charge is 0.252 e. The molecule has 1 saturated heterocycles. The normalized spacial score (nSPS) is 25.0. The minimum atomic E-state index is -3.31. The van der Waals surface area contributed by atoms with Crippen molar-refractivity contribution in [2.75, 3.05) is 13.1 Å². The third kappa shape index (κ3) is 3.70. The van der Waals surface area contributed by atoms with Crippen molar-refractivity contribution in [1.82, 2.24) is 9.62 Å². The van der Waals surface area contributed by atoms with E-state index in [9.17, 15) is 8.42 Å². The van der Waals surface area contributed by atoms with E-state index in [2.05, 4.69) is 5.32 Å². The maximum absolute atomic E-state index is 12.5. The molecule has 1 N–H and O–H groups in total. The quantitative estimate of drug-likeness (QED) is 0.926. The Kier molecular flexibility index (Phi) is 5.82. The van der Waals surface area contributed by atoms with Crippen LogP contribution in [0.1, 0.15) is 25.6 Å². The van der Waals surface area contributed by atoms with Gasteiger partial charge in [-0.2, -0.15) is 4.31 Å². The van der Waals surface area contributed by atoms with E-state index in [4.69, 9.17) is 0 Å². The van der Waals surface area contributed by atoms with Crippen LogP contribution >= 0.6 is 23.7 Å². The van der Waals surface area contributed by atoms with E-state index >= 15 is 0 Å². The molecule has 0 aromatic carbocycles. The van der Waals surface area contributed by atoms with E-state index in [-0.39, 0.29) is 24.5 Å². The maximum Gasteiger partial charge on any atom is 0.252 e. The van der Waals surface area contributed by atoms with Crippen molar-refractivity contribution in [2.24, 2.45) is 0 Å². The molecule has 1 fully saturated rings. The van der Waals surface area contributed by atoms with Crippen molar-refractivity contribution in [1.29, 1.82) is 0 Å². The highest BCUT2D eigenvalue weighted by molar-refractivity contribution is 7.91. The Hall–Kier alpha value is -0.140. The molecule has 0 spiro atoms. The molecule has 19 heavy (non-hydrogen) atoms. The summed E-state index contributed by atoms with van der Waals surface area (Å²) in [5, 5.41) is 3.35. The first kappa shape index (κ1) is 16.9. The van der Waals surface area contributed by atoms with E-state index in [1.54, 1.807) is 10.4 Å². The Morgan fingerprint density at radius 1 is 1.32 bits per heavy atom. The molecule has 1 aromatic rings. The zero-order chi connectivity index (χ0) is 13.3. The molecule has 0 amide bonds. The second kappa shape index (κ2) is 6.54. The lowest BCUT2D eigenvalue weighted by molar-refractivity contribution is 0.263. The highest BCUT2D eigenvalue weighted by Crippen LogP contribution is 2.26. The highest BCUT2D eigenvalue weighted by Gasteiger charge is 2.32. The summed E-state index contributed by atoms with van der Waals surface area (Å²) in [4.78, 5) is 1.12. The molecule has 7 heteroatoms. The average Bonchev–Trinajstić information content (AvgIpc) is 2.76. The number of nitrogens with one attached hydrogen (secondary N) is 1. The summed E-state index contributed by atoms with van der Waals surface area (Å²) in [5.74, 6) is 0. The van der Waals surface area contributed by atoms with Gasteiger partial charge in [0, 0.05) is 30.1 Å². The Morgan fingerprint density at radius 3 is 2.37 bits per heavy atom. The average molecular weight is 325 g/mol. The van der Waals surface area contributed by atoms with Crippen molar-refractivity contribution in [3.63, 3.8) is 0 Å². The number of aryl methyl sites for hydroxylation is 1. The predicted octanol–water partition coefficient (Wildman–Crippen LogP) is 2.10. The van der Waals surface area contributed by atoms with Gasteiger partial charge < -0.3 is 5.32 Å². The summed E-state index contributed by atoms with van der Waals surface area (Å²) in [7, 11) is -3.31. The van der Waals surface area contributed by atoms with Crippen LogP contribution in [0.3, 0.4) is 0 Å². The Labute approximate surface area is 125 Å². The zero-order valence-corrected chi connectivity index (χ0v) is 13.9. The van der Waals surface area contributed by atoms with E-state index in [0.29, 0.717) is 17.3 Å². The van der Waals surface area contributed by atoms with Crippen molar-refractivity contribution < 1.29 is 8.42 Å². The second-order valence-electron chi connectivity index (χ2n) is 4.87. The topological polar surface area (TPSA) is 49.4 Å². The van der Waals surface area contributed by atoms with Crippen LogP contribution in [0.4, 0.5) is 0 Å². The molecule has 1 aliphatic heterocycles. The monoisotopic (exact) mass is 324 g/mol. The number of hydrogen-bond acceptors (Lipinski definition) is 4. The van der Waals surface area contributed by atoms with Crippen molar-refractivity contribution in [2.45, 2.75) is 43.5 Å². The summed E-state index contributed by atoms with van der Waals surface area (Å²) in [6, 6.07) is 4.05. The lowest BCUT2D eigenvalue weighted by atomic mass is 10.2. The summed E-state index contributed by atoms with van der Waals surface area (Å²) in [6.45, 7) is 7.17. The summed E-state index contributed by atoms with van der Waals surface area (Å²) in [6.07, 6.45) is 0.883. The molecule has 2 atom stereocenters. The van der Waals surface area contributed by atoms with Gasteiger partial charge in [-0.05, 0) is 32.4 Å². The third-order valence-electron chi connectivity index (χ3n) is 3.10. The SMILES string of the molecule is CCc1ccc(S(=O)(=O)N2CC(C)NC(C)C2)s1.Cl. The second-order valence-corrected chi connectivity index (χ2v) is 8.20. The van der Waals surface area contributed by atoms with Gasteiger partial charge in [0.05, 0.1) is 0 Å². The third-order valence-corrected chi connectivity index (χ3v) is 6.63. The lowest BCUT2D eigenvalue weighted by Gasteiger charge is -2.34. The van der Waals surface area contributed by atoms with Crippen LogP contribution in [0.5, 0.6) is 0 Å². The molecule has 1 aliphatic rings. The number of hydrogen-bond donors (Lipinski definition) is 1. The van der Waals surface area contributed by atoms with Crippen LogP contribution in [0, 0.1) is 0 Å². The Bertz CT molecular complexity index is 506. The van der Waals surface area contributed by atoms with Gasteiger partial charge in [-0.25, -0.2) is 8.42 Å². The van der Waals surface area contributed by atoms with Gasteiger partial charge in [-0.15, -0.1) is 23.7 Å². The van der Waals surface area contributed by atoms with Crippen molar-refractivity contribution in [3.05, 3.63) is 17.0 Å². The predicted molar refractivity (Wildman–Crippen MR) is 81.8 cm³/mol. The fourth-order valence-corrected chi connectivity index (χ4v) is 5.35. The van der Waals surface area contributed by atoms with Gasteiger partial charge in [0.1, 0.15) is 4.21 Å². The first-order chi connectivity index (χ1) is 8.43. The Balaban J connectivity index is 0.00000180. The van der Waals surface area contributed by atoms with Crippen LogP contribution in [0.25, 0.3) is 0 Å². The first-order valence-corrected chi connectivity index (χ1v) is 8.54. The molecule has 110 valence electrons. The first-order valence-electron chi connectivity index (χ1n) is 6.28. The molecule has 2 rings (SSSR count). The number of halogens is 1. The molecule has 4 nitrogen and oxygen atoms in total. The summed E-state index contributed by atoms with van der Waals surface area (Å²) < 4.78 is 27.1.